The van der Waals surface area contributed by atoms with Crippen LogP contribution in [0.1, 0.15) is 53.2 Å². The second kappa shape index (κ2) is 10.4. The van der Waals surface area contributed by atoms with E-state index < -0.39 is 34.6 Å². The van der Waals surface area contributed by atoms with Crippen molar-refractivity contribution in [2.75, 3.05) is 7.11 Å². The number of esters is 1. The van der Waals surface area contributed by atoms with Gasteiger partial charge in [0.25, 0.3) is 0 Å². The number of aryl methyl sites for hydroxylation is 1. The molecule has 2 aliphatic carbocycles. The van der Waals surface area contributed by atoms with Crippen LogP contribution in [0.2, 0.25) is 5.02 Å². The number of methoxy groups -OCH3 is 1. The molecule has 0 bridgehead atoms. The normalized spacial score (nSPS) is 24.1. The zero-order valence-electron chi connectivity index (χ0n) is 21.2. The van der Waals surface area contributed by atoms with Gasteiger partial charge in [-0.15, -0.1) is 11.3 Å². The van der Waals surface area contributed by atoms with Gasteiger partial charge in [-0.2, -0.15) is 5.10 Å². The highest BCUT2D eigenvalue weighted by molar-refractivity contribution is 7.11. The fourth-order valence-electron chi connectivity index (χ4n) is 5.61. The summed E-state index contributed by atoms with van der Waals surface area (Å²) in [4.78, 5) is 33.5. The van der Waals surface area contributed by atoms with Gasteiger partial charge in [-0.1, -0.05) is 17.7 Å². The number of rotatable bonds is 6. The SMILES string of the molecule is COC(=O)C1=C(C2CCc3nn(C4CC(C(=O)O)C4)cc3C2)NC(c2nccs2)=NC1c1ccc(F)c(F)c1Cl. The average molecular weight is 588 g/mol. The lowest BCUT2D eigenvalue weighted by Crippen LogP contribution is -2.38. The Labute approximate surface area is 236 Å². The van der Waals surface area contributed by atoms with Crippen LogP contribution >= 0.6 is 22.9 Å². The number of fused-ring (bicyclic) bond motifs is 1. The van der Waals surface area contributed by atoms with Gasteiger partial charge in [0.1, 0.15) is 6.04 Å². The molecule has 208 valence electrons. The molecular weight excluding hydrogens is 564 g/mol. The Morgan fingerprint density at radius 2 is 2.08 bits per heavy atom. The number of amidine groups is 1. The summed E-state index contributed by atoms with van der Waals surface area (Å²) in [7, 11) is 1.25. The molecule has 1 fully saturated rings. The van der Waals surface area contributed by atoms with E-state index in [4.69, 9.17) is 26.4 Å². The maximum atomic E-state index is 14.6. The van der Waals surface area contributed by atoms with Crippen LogP contribution in [0.4, 0.5) is 8.78 Å². The number of halogens is 3. The number of carbonyl (C=O) groups is 2. The Hall–Kier alpha value is -3.64. The molecule has 2 atom stereocenters. The summed E-state index contributed by atoms with van der Waals surface area (Å²) in [5, 5.41) is 19.2. The molecule has 9 nitrogen and oxygen atoms in total. The van der Waals surface area contributed by atoms with E-state index in [1.54, 1.807) is 11.6 Å². The third-order valence-corrected chi connectivity index (χ3v) is 8.97. The number of aliphatic carboxylic acids is 1. The number of benzene rings is 1. The first kappa shape index (κ1) is 26.6. The molecule has 1 aromatic carbocycles. The van der Waals surface area contributed by atoms with Gasteiger partial charge < -0.3 is 15.2 Å². The lowest BCUT2D eigenvalue weighted by Gasteiger charge is -2.33. The molecule has 3 aliphatic rings. The molecule has 0 amide bonds. The molecule has 1 aliphatic heterocycles. The molecule has 2 aromatic heterocycles. The number of ether oxygens (including phenoxy) is 1. The number of hydrogen-bond donors (Lipinski definition) is 2. The minimum atomic E-state index is -1.22. The van der Waals surface area contributed by atoms with Crippen LogP contribution in [0, 0.1) is 23.5 Å². The van der Waals surface area contributed by atoms with Crippen molar-refractivity contribution in [3.8, 4) is 0 Å². The first-order valence-corrected chi connectivity index (χ1v) is 14.0. The van der Waals surface area contributed by atoms with Crippen LogP contribution in [0.15, 0.2) is 46.2 Å². The smallest absolute Gasteiger partial charge is 0.338 e. The molecule has 40 heavy (non-hydrogen) atoms. The number of hydrogen-bond acceptors (Lipinski definition) is 8. The molecule has 0 radical (unpaired) electrons. The highest BCUT2D eigenvalue weighted by Gasteiger charge is 2.40. The number of aliphatic imine (C=N–C) groups is 1. The Morgan fingerprint density at radius 1 is 1.27 bits per heavy atom. The van der Waals surface area contributed by atoms with Crippen molar-refractivity contribution in [3.05, 3.63) is 79.7 Å². The standard InChI is InChI=1S/C27H24ClF2N5O4S/c1-39-27(38)19-22(12-2-5-18-14(8-12)11-35(34-18)15-9-13(10-15)26(36)37)32-24(25-31-6-7-40-25)33-23(19)16-3-4-17(29)21(30)20(16)28/h3-4,6-7,11-13,15,23H,2,5,8-10H2,1H3,(H,32,33)(H,36,37). The Morgan fingerprint density at radius 3 is 2.77 bits per heavy atom. The predicted octanol–water partition coefficient (Wildman–Crippen LogP) is 4.63. The molecular formula is C27H24ClF2N5O4S. The van der Waals surface area contributed by atoms with E-state index in [9.17, 15) is 23.5 Å². The van der Waals surface area contributed by atoms with Crippen LogP contribution in [0.3, 0.4) is 0 Å². The van der Waals surface area contributed by atoms with E-state index >= 15 is 0 Å². The van der Waals surface area contributed by atoms with Crippen LogP contribution < -0.4 is 5.32 Å². The first-order valence-electron chi connectivity index (χ1n) is 12.7. The highest BCUT2D eigenvalue weighted by Crippen LogP contribution is 2.43. The Kier molecular flexibility index (Phi) is 6.91. The maximum absolute atomic E-state index is 14.6. The van der Waals surface area contributed by atoms with Crippen molar-refractivity contribution in [3.63, 3.8) is 0 Å². The fourth-order valence-corrected chi connectivity index (χ4v) is 6.46. The molecule has 3 heterocycles. The van der Waals surface area contributed by atoms with Gasteiger partial charge in [0.05, 0.1) is 35.4 Å². The van der Waals surface area contributed by atoms with E-state index in [0.29, 0.717) is 48.6 Å². The summed E-state index contributed by atoms with van der Waals surface area (Å²) >= 11 is 7.60. The largest absolute Gasteiger partial charge is 0.481 e. The highest BCUT2D eigenvalue weighted by atomic mass is 35.5. The molecule has 2 N–H and O–H groups in total. The number of allylic oxidation sites excluding steroid dienone is 1. The quantitative estimate of drug-likeness (QED) is 0.319. The van der Waals surface area contributed by atoms with Crippen LogP contribution in [-0.2, 0) is 27.2 Å². The van der Waals surface area contributed by atoms with E-state index in [1.807, 2.05) is 10.9 Å². The van der Waals surface area contributed by atoms with E-state index in [2.05, 4.69) is 10.3 Å². The topological polar surface area (TPSA) is 119 Å². The molecule has 0 spiro atoms. The van der Waals surface area contributed by atoms with Crippen molar-refractivity contribution < 1.29 is 28.2 Å². The summed E-state index contributed by atoms with van der Waals surface area (Å²) in [6.45, 7) is 0. The molecule has 3 aromatic rings. The lowest BCUT2D eigenvalue weighted by molar-refractivity contribution is -0.146. The summed E-state index contributed by atoms with van der Waals surface area (Å²) in [5.74, 6) is -3.90. The minimum absolute atomic E-state index is 0.0475. The third-order valence-electron chi connectivity index (χ3n) is 7.81. The van der Waals surface area contributed by atoms with Gasteiger partial charge in [0, 0.05) is 35.0 Å². The van der Waals surface area contributed by atoms with Gasteiger partial charge in [0.2, 0.25) is 0 Å². The van der Waals surface area contributed by atoms with Crippen LogP contribution in [0.5, 0.6) is 0 Å². The molecule has 6 rings (SSSR count). The van der Waals surface area contributed by atoms with Gasteiger partial charge in [-0.3, -0.25) is 14.5 Å². The van der Waals surface area contributed by atoms with Crippen molar-refractivity contribution in [2.45, 2.75) is 44.2 Å². The third kappa shape index (κ3) is 4.58. The molecule has 0 saturated heterocycles. The minimum Gasteiger partial charge on any atom is -0.481 e. The Bertz CT molecular complexity index is 1560. The predicted molar refractivity (Wildman–Crippen MR) is 142 cm³/mol. The van der Waals surface area contributed by atoms with Gasteiger partial charge in [-0.05, 0) is 43.7 Å². The number of thiazole rings is 1. The van der Waals surface area contributed by atoms with Crippen molar-refractivity contribution in [1.82, 2.24) is 20.1 Å². The summed E-state index contributed by atoms with van der Waals surface area (Å²) in [6, 6.07) is 1.28. The van der Waals surface area contributed by atoms with Crippen LogP contribution in [-0.4, -0.2) is 44.8 Å². The number of nitrogens with zero attached hydrogens (tertiary/aromatic N) is 4. The molecule has 13 heteroatoms. The molecule has 2 unspecified atom stereocenters. The van der Waals surface area contributed by atoms with Crippen molar-refractivity contribution in [1.29, 1.82) is 0 Å². The number of carboxylic acid groups (broad SMARTS) is 1. The van der Waals surface area contributed by atoms with E-state index in [0.717, 1.165) is 17.3 Å². The number of carbonyl (C=O) groups excluding carboxylic acids is 1. The van der Waals surface area contributed by atoms with Crippen molar-refractivity contribution >= 4 is 40.7 Å². The second-order valence-electron chi connectivity index (χ2n) is 10.1. The summed E-state index contributed by atoms with van der Waals surface area (Å²) < 4.78 is 35.5. The molecule has 1 saturated carbocycles. The fraction of sp³-hybridized carbons (Fsp3) is 0.370. The Balaban J connectivity index is 1.39. The first-order chi connectivity index (χ1) is 19.2. The zero-order valence-corrected chi connectivity index (χ0v) is 22.8. The summed E-state index contributed by atoms with van der Waals surface area (Å²) in [6.07, 6.45) is 6.52. The van der Waals surface area contributed by atoms with E-state index in [1.165, 1.54) is 24.5 Å². The average Bonchev–Trinajstić information content (AvgIpc) is 3.60. The number of aromatic nitrogens is 3. The summed E-state index contributed by atoms with van der Waals surface area (Å²) in [5.41, 5.74) is 2.82. The lowest BCUT2D eigenvalue weighted by atomic mass is 9.80. The van der Waals surface area contributed by atoms with Crippen LogP contribution in [0.25, 0.3) is 0 Å². The maximum Gasteiger partial charge on any atom is 0.338 e. The van der Waals surface area contributed by atoms with Gasteiger partial charge in [-0.25, -0.2) is 18.6 Å². The number of carboxylic acids is 1. The van der Waals surface area contributed by atoms with E-state index in [-0.39, 0.29) is 29.0 Å². The zero-order chi connectivity index (χ0) is 28.1. The second-order valence-corrected chi connectivity index (χ2v) is 11.4. The monoisotopic (exact) mass is 587 g/mol. The number of nitrogens with one attached hydrogen (secondary N) is 1. The van der Waals surface area contributed by atoms with Gasteiger partial charge in [0.15, 0.2) is 22.5 Å². The van der Waals surface area contributed by atoms with Gasteiger partial charge >= 0.3 is 11.9 Å². The van der Waals surface area contributed by atoms with Crippen molar-refractivity contribution in [2.24, 2.45) is 16.8 Å².